The number of rotatable bonds is 1. The SMILES string of the molecule is Cc1c(-c2c(F)cccc2F)[nH]c(C(C)(C)C)nc1=S. The van der Waals surface area contributed by atoms with E-state index < -0.39 is 11.6 Å². The van der Waals surface area contributed by atoms with Crippen molar-refractivity contribution in [1.82, 2.24) is 9.97 Å². The molecule has 0 unspecified atom stereocenters. The Bertz CT molecular complexity index is 695. The molecule has 0 aliphatic heterocycles. The van der Waals surface area contributed by atoms with Crippen LogP contribution in [0.2, 0.25) is 0 Å². The second-order valence-corrected chi connectivity index (χ2v) is 6.12. The molecule has 0 radical (unpaired) electrons. The first-order chi connectivity index (χ1) is 9.21. The Morgan fingerprint density at radius 3 is 2.20 bits per heavy atom. The molecule has 2 rings (SSSR count). The molecule has 2 nitrogen and oxygen atoms in total. The molecule has 0 atom stereocenters. The Kier molecular flexibility index (Phi) is 3.73. The van der Waals surface area contributed by atoms with Crippen LogP contribution in [-0.2, 0) is 5.41 Å². The smallest absolute Gasteiger partial charge is 0.135 e. The fraction of sp³-hybridized carbons (Fsp3) is 0.333. The number of H-pyrrole nitrogens is 1. The molecule has 1 N–H and O–H groups in total. The van der Waals surface area contributed by atoms with Crippen LogP contribution in [0.4, 0.5) is 8.78 Å². The average Bonchev–Trinajstić information content (AvgIpc) is 2.32. The van der Waals surface area contributed by atoms with Gasteiger partial charge in [-0.05, 0) is 19.1 Å². The number of aromatic amines is 1. The second-order valence-electron chi connectivity index (χ2n) is 5.74. The van der Waals surface area contributed by atoms with Gasteiger partial charge in [0.05, 0.1) is 11.3 Å². The van der Waals surface area contributed by atoms with Gasteiger partial charge in [-0.1, -0.05) is 39.1 Å². The standard InChI is InChI=1S/C15H16F2N2S/c1-8-12(11-9(16)6-5-7-10(11)17)18-14(15(2,3)4)19-13(8)20/h5-7H,1-4H3,(H,18,19,20). The molecule has 1 aromatic heterocycles. The van der Waals surface area contributed by atoms with E-state index in [0.29, 0.717) is 21.7 Å². The molecule has 106 valence electrons. The number of nitrogens with one attached hydrogen (secondary N) is 1. The van der Waals surface area contributed by atoms with Crippen LogP contribution in [0.1, 0.15) is 32.2 Å². The van der Waals surface area contributed by atoms with Crippen LogP contribution in [0.3, 0.4) is 0 Å². The van der Waals surface area contributed by atoms with E-state index in [1.807, 2.05) is 20.8 Å². The van der Waals surface area contributed by atoms with Gasteiger partial charge in [-0.25, -0.2) is 13.8 Å². The summed E-state index contributed by atoms with van der Waals surface area (Å²) in [4.78, 5) is 7.34. The van der Waals surface area contributed by atoms with E-state index in [1.54, 1.807) is 6.92 Å². The zero-order chi connectivity index (χ0) is 15.1. The predicted octanol–water partition coefficient (Wildman–Crippen LogP) is 4.69. The first-order valence-corrected chi connectivity index (χ1v) is 6.68. The van der Waals surface area contributed by atoms with Crippen molar-refractivity contribution in [2.75, 3.05) is 0 Å². The summed E-state index contributed by atoms with van der Waals surface area (Å²) < 4.78 is 28.3. The third-order valence-electron chi connectivity index (χ3n) is 3.08. The lowest BCUT2D eigenvalue weighted by Crippen LogP contribution is -2.17. The summed E-state index contributed by atoms with van der Waals surface area (Å²) in [6, 6.07) is 3.79. The minimum Gasteiger partial charge on any atom is -0.342 e. The highest BCUT2D eigenvalue weighted by Crippen LogP contribution is 2.29. The minimum absolute atomic E-state index is 0.0935. The summed E-state index contributed by atoms with van der Waals surface area (Å²) in [6.45, 7) is 7.58. The van der Waals surface area contributed by atoms with Crippen molar-refractivity contribution in [3.8, 4) is 11.3 Å². The third-order valence-corrected chi connectivity index (χ3v) is 3.47. The minimum atomic E-state index is -0.621. The summed E-state index contributed by atoms with van der Waals surface area (Å²) in [5.74, 6) is -0.639. The lowest BCUT2D eigenvalue weighted by molar-refractivity contribution is 0.542. The van der Waals surface area contributed by atoms with Gasteiger partial charge in [0.15, 0.2) is 0 Å². The van der Waals surface area contributed by atoms with Gasteiger partial charge < -0.3 is 4.98 Å². The summed E-state index contributed by atoms with van der Waals surface area (Å²) >= 11 is 5.21. The van der Waals surface area contributed by atoms with Gasteiger partial charge in [0.1, 0.15) is 22.1 Å². The number of aromatic nitrogens is 2. The van der Waals surface area contributed by atoms with E-state index in [1.165, 1.54) is 18.2 Å². The second kappa shape index (κ2) is 5.05. The lowest BCUT2D eigenvalue weighted by atomic mass is 9.95. The highest BCUT2D eigenvalue weighted by molar-refractivity contribution is 7.71. The number of hydrogen-bond donors (Lipinski definition) is 1. The number of nitrogens with zero attached hydrogens (tertiary/aromatic N) is 1. The molecular weight excluding hydrogens is 278 g/mol. The molecule has 2 aromatic rings. The maximum absolute atomic E-state index is 14.0. The van der Waals surface area contributed by atoms with Crippen LogP contribution >= 0.6 is 12.2 Å². The number of benzene rings is 1. The Hall–Kier alpha value is -1.62. The van der Waals surface area contributed by atoms with Crippen molar-refractivity contribution in [2.24, 2.45) is 0 Å². The van der Waals surface area contributed by atoms with Crippen LogP contribution in [0.15, 0.2) is 18.2 Å². The first-order valence-electron chi connectivity index (χ1n) is 6.27. The van der Waals surface area contributed by atoms with Crippen LogP contribution in [0.5, 0.6) is 0 Å². The molecule has 0 saturated carbocycles. The molecule has 20 heavy (non-hydrogen) atoms. The number of halogens is 2. The molecule has 0 aliphatic carbocycles. The molecule has 5 heteroatoms. The van der Waals surface area contributed by atoms with Crippen molar-refractivity contribution >= 4 is 12.2 Å². The molecule has 0 aliphatic rings. The van der Waals surface area contributed by atoms with E-state index in [9.17, 15) is 8.78 Å². The van der Waals surface area contributed by atoms with Crippen molar-refractivity contribution in [1.29, 1.82) is 0 Å². The van der Waals surface area contributed by atoms with Crippen molar-refractivity contribution in [2.45, 2.75) is 33.1 Å². The zero-order valence-corrected chi connectivity index (χ0v) is 12.7. The van der Waals surface area contributed by atoms with Gasteiger partial charge in [0, 0.05) is 11.0 Å². The summed E-state index contributed by atoms with van der Waals surface area (Å²) in [5.41, 5.74) is 0.532. The molecule has 1 heterocycles. The van der Waals surface area contributed by atoms with Gasteiger partial charge in [-0.15, -0.1) is 0 Å². The highest BCUT2D eigenvalue weighted by atomic mass is 32.1. The van der Waals surface area contributed by atoms with Gasteiger partial charge >= 0.3 is 0 Å². The quantitative estimate of drug-likeness (QED) is 0.773. The first kappa shape index (κ1) is 14.8. The van der Waals surface area contributed by atoms with Crippen LogP contribution < -0.4 is 0 Å². The van der Waals surface area contributed by atoms with E-state index in [0.717, 1.165) is 0 Å². The topological polar surface area (TPSA) is 28.7 Å². The Labute approximate surface area is 121 Å². The monoisotopic (exact) mass is 294 g/mol. The van der Waals surface area contributed by atoms with Crippen molar-refractivity contribution < 1.29 is 8.78 Å². The summed E-state index contributed by atoms with van der Waals surface area (Å²) in [6.07, 6.45) is 0. The van der Waals surface area contributed by atoms with Crippen LogP contribution in [0, 0.1) is 23.2 Å². The molecule has 0 saturated heterocycles. The van der Waals surface area contributed by atoms with E-state index in [-0.39, 0.29) is 11.0 Å². The maximum Gasteiger partial charge on any atom is 0.135 e. The average molecular weight is 294 g/mol. The Morgan fingerprint density at radius 1 is 1.15 bits per heavy atom. The normalized spacial score (nSPS) is 11.7. The van der Waals surface area contributed by atoms with Crippen molar-refractivity contribution in [3.63, 3.8) is 0 Å². The van der Waals surface area contributed by atoms with E-state index >= 15 is 0 Å². The molecule has 1 aromatic carbocycles. The Morgan fingerprint density at radius 2 is 1.70 bits per heavy atom. The third kappa shape index (κ3) is 2.63. The highest BCUT2D eigenvalue weighted by Gasteiger charge is 2.21. The van der Waals surface area contributed by atoms with Gasteiger partial charge in [0.2, 0.25) is 0 Å². The molecule has 0 amide bonds. The van der Waals surface area contributed by atoms with Crippen molar-refractivity contribution in [3.05, 3.63) is 45.9 Å². The van der Waals surface area contributed by atoms with Gasteiger partial charge in [-0.2, -0.15) is 0 Å². The van der Waals surface area contributed by atoms with E-state index in [4.69, 9.17) is 12.2 Å². The fourth-order valence-corrected chi connectivity index (χ4v) is 2.07. The molecule has 0 spiro atoms. The largest absolute Gasteiger partial charge is 0.342 e. The Balaban J connectivity index is 2.81. The molecule has 0 bridgehead atoms. The van der Waals surface area contributed by atoms with E-state index in [2.05, 4.69) is 9.97 Å². The maximum atomic E-state index is 14.0. The lowest BCUT2D eigenvalue weighted by Gasteiger charge is -2.20. The summed E-state index contributed by atoms with van der Waals surface area (Å²) in [5, 5.41) is 0. The zero-order valence-electron chi connectivity index (χ0n) is 11.8. The molecular formula is C15H16F2N2S. The number of hydrogen-bond acceptors (Lipinski definition) is 2. The van der Waals surface area contributed by atoms with Gasteiger partial charge in [-0.3, -0.25) is 0 Å². The van der Waals surface area contributed by atoms with Crippen LogP contribution in [-0.4, -0.2) is 9.97 Å². The van der Waals surface area contributed by atoms with Gasteiger partial charge in [0.25, 0.3) is 0 Å². The van der Waals surface area contributed by atoms with Crippen LogP contribution in [0.25, 0.3) is 11.3 Å². The molecule has 0 fully saturated rings. The fourth-order valence-electron chi connectivity index (χ4n) is 1.87. The predicted molar refractivity (Wildman–Crippen MR) is 78.2 cm³/mol. The summed E-state index contributed by atoms with van der Waals surface area (Å²) in [7, 11) is 0.